The van der Waals surface area contributed by atoms with E-state index in [0.717, 1.165) is 18.4 Å². The predicted octanol–water partition coefficient (Wildman–Crippen LogP) is 2.49. The average Bonchev–Trinajstić information content (AvgIpc) is 3.04. The van der Waals surface area contributed by atoms with E-state index in [0.29, 0.717) is 26.2 Å². The summed E-state index contributed by atoms with van der Waals surface area (Å²) >= 11 is 0. The first-order valence-corrected chi connectivity index (χ1v) is 8.74. The number of likely N-dealkylation sites (tertiary alicyclic amines) is 1. The molecule has 132 valence electrons. The molecule has 5 heteroatoms. The van der Waals surface area contributed by atoms with E-state index in [1.165, 1.54) is 12.1 Å². The van der Waals surface area contributed by atoms with Crippen molar-refractivity contribution in [3.8, 4) is 0 Å². The molecule has 1 aromatic carbocycles. The van der Waals surface area contributed by atoms with Crippen molar-refractivity contribution < 1.29 is 19.0 Å². The van der Waals surface area contributed by atoms with Crippen LogP contribution in [0.1, 0.15) is 38.7 Å². The highest BCUT2D eigenvalue weighted by atomic mass is 19.1. The van der Waals surface area contributed by atoms with Crippen LogP contribution in [0.2, 0.25) is 0 Å². The smallest absolute Gasteiger partial charge is 0.232 e. The van der Waals surface area contributed by atoms with Gasteiger partial charge < -0.3 is 14.7 Å². The standard InChI is InChI=1S/C19H26FNO3/c1-19(2,13-5-7-14(20)8-6-13)18(23)21-10-3-4-16(21)15-12-24-11-9-17(15)22/h5-8,15-17,22H,3-4,9-12H2,1-2H3/t15-,16-,17-/m1/s1. The highest BCUT2D eigenvalue weighted by Crippen LogP contribution is 2.34. The van der Waals surface area contributed by atoms with Crippen molar-refractivity contribution in [1.29, 1.82) is 0 Å². The van der Waals surface area contributed by atoms with Crippen LogP contribution in [-0.2, 0) is 14.9 Å². The summed E-state index contributed by atoms with van der Waals surface area (Å²) in [6.07, 6.45) is 2.06. The molecule has 0 radical (unpaired) electrons. The number of halogens is 1. The Hall–Kier alpha value is -1.46. The van der Waals surface area contributed by atoms with E-state index >= 15 is 0 Å². The third kappa shape index (κ3) is 3.20. The van der Waals surface area contributed by atoms with Gasteiger partial charge in [-0.3, -0.25) is 4.79 Å². The number of benzene rings is 1. The molecule has 1 amide bonds. The van der Waals surface area contributed by atoms with Gasteiger partial charge in [-0.25, -0.2) is 4.39 Å². The lowest BCUT2D eigenvalue weighted by Crippen LogP contribution is -2.52. The van der Waals surface area contributed by atoms with E-state index in [-0.39, 0.29) is 23.7 Å². The van der Waals surface area contributed by atoms with Crippen LogP contribution in [0, 0.1) is 11.7 Å². The molecule has 2 heterocycles. The predicted molar refractivity (Wildman–Crippen MR) is 89.1 cm³/mol. The zero-order chi connectivity index (χ0) is 17.3. The lowest BCUT2D eigenvalue weighted by molar-refractivity contribution is -0.141. The van der Waals surface area contributed by atoms with Crippen LogP contribution in [0.5, 0.6) is 0 Å². The number of rotatable bonds is 3. The summed E-state index contributed by atoms with van der Waals surface area (Å²) in [7, 11) is 0. The van der Waals surface area contributed by atoms with Crippen molar-refractivity contribution in [3.63, 3.8) is 0 Å². The van der Waals surface area contributed by atoms with Gasteiger partial charge in [0.2, 0.25) is 5.91 Å². The van der Waals surface area contributed by atoms with Crippen molar-refractivity contribution >= 4 is 5.91 Å². The molecule has 0 saturated carbocycles. The van der Waals surface area contributed by atoms with Crippen LogP contribution in [0.4, 0.5) is 4.39 Å². The lowest BCUT2D eigenvalue weighted by atomic mass is 9.82. The van der Waals surface area contributed by atoms with Gasteiger partial charge in [0, 0.05) is 25.1 Å². The molecular formula is C19H26FNO3. The zero-order valence-corrected chi connectivity index (χ0v) is 14.4. The summed E-state index contributed by atoms with van der Waals surface area (Å²) in [6.45, 7) is 5.56. The second kappa shape index (κ2) is 6.81. The van der Waals surface area contributed by atoms with E-state index in [2.05, 4.69) is 0 Å². The van der Waals surface area contributed by atoms with E-state index in [1.54, 1.807) is 12.1 Å². The second-order valence-electron chi connectivity index (χ2n) is 7.43. The van der Waals surface area contributed by atoms with Gasteiger partial charge in [-0.15, -0.1) is 0 Å². The van der Waals surface area contributed by atoms with Crippen LogP contribution >= 0.6 is 0 Å². The quantitative estimate of drug-likeness (QED) is 0.923. The molecule has 2 saturated heterocycles. The SMILES string of the molecule is CC(C)(C(=O)N1CCC[C@@H]1[C@H]1COCC[C@H]1O)c1ccc(F)cc1. The number of carbonyl (C=O) groups excluding carboxylic acids is 1. The topological polar surface area (TPSA) is 49.8 Å². The molecule has 2 aliphatic rings. The summed E-state index contributed by atoms with van der Waals surface area (Å²) in [4.78, 5) is 15.1. The minimum absolute atomic E-state index is 0.0192. The van der Waals surface area contributed by atoms with E-state index < -0.39 is 11.5 Å². The number of nitrogens with zero attached hydrogens (tertiary/aromatic N) is 1. The van der Waals surface area contributed by atoms with Crippen LogP contribution in [-0.4, -0.2) is 47.8 Å². The number of hydrogen-bond donors (Lipinski definition) is 1. The van der Waals surface area contributed by atoms with Crippen molar-refractivity contribution in [2.45, 2.75) is 50.7 Å². The van der Waals surface area contributed by atoms with E-state index in [9.17, 15) is 14.3 Å². The molecule has 0 bridgehead atoms. The number of hydrogen-bond acceptors (Lipinski definition) is 3. The fraction of sp³-hybridized carbons (Fsp3) is 0.632. The maximum atomic E-state index is 13.2. The van der Waals surface area contributed by atoms with Crippen molar-refractivity contribution in [1.82, 2.24) is 4.90 Å². The number of carbonyl (C=O) groups is 1. The fourth-order valence-electron chi connectivity index (χ4n) is 3.95. The van der Waals surface area contributed by atoms with Crippen molar-refractivity contribution in [2.24, 2.45) is 5.92 Å². The van der Waals surface area contributed by atoms with Gasteiger partial charge in [0.1, 0.15) is 5.82 Å². The highest BCUT2D eigenvalue weighted by Gasteiger charge is 2.43. The third-order valence-corrected chi connectivity index (χ3v) is 5.52. The first-order chi connectivity index (χ1) is 11.4. The first kappa shape index (κ1) is 17.4. The van der Waals surface area contributed by atoms with Crippen LogP contribution < -0.4 is 0 Å². The normalized spacial score (nSPS) is 28.2. The Kier molecular flexibility index (Phi) is 4.92. The van der Waals surface area contributed by atoms with E-state index in [4.69, 9.17) is 4.74 Å². The number of ether oxygens (including phenoxy) is 1. The van der Waals surface area contributed by atoms with Gasteiger partial charge in [-0.1, -0.05) is 12.1 Å². The molecule has 0 aromatic heterocycles. The van der Waals surface area contributed by atoms with Gasteiger partial charge >= 0.3 is 0 Å². The Morgan fingerprint density at radius 3 is 2.67 bits per heavy atom. The van der Waals surface area contributed by atoms with Crippen LogP contribution in [0.15, 0.2) is 24.3 Å². The molecule has 1 N–H and O–H groups in total. The Morgan fingerprint density at radius 1 is 1.29 bits per heavy atom. The van der Waals surface area contributed by atoms with Crippen LogP contribution in [0.3, 0.4) is 0 Å². The summed E-state index contributed by atoms with van der Waals surface area (Å²) in [6, 6.07) is 6.16. The Bertz CT molecular complexity index is 587. The Labute approximate surface area is 142 Å². The summed E-state index contributed by atoms with van der Waals surface area (Å²) in [5, 5.41) is 10.3. The van der Waals surface area contributed by atoms with Gasteiger partial charge in [-0.2, -0.15) is 0 Å². The lowest BCUT2D eigenvalue weighted by Gasteiger charge is -2.40. The van der Waals surface area contributed by atoms with Crippen molar-refractivity contribution in [2.75, 3.05) is 19.8 Å². The second-order valence-corrected chi connectivity index (χ2v) is 7.43. The number of amides is 1. The first-order valence-electron chi connectivity index (χ1n) is 8.74. The molecular weight excluding hydrogens is 309 g/mol. The maximum absolute atomic E-state index is 13.2. The summed E-state index contributed by atoms with van der Waals surface area (Å²) in [5.41, 5.74) is 0.0801. The zero-order valence-electron chi connectivity index (χ0n) is 14.4. The minimum Gasteiger partial charge on any atom is -0.393 e. The average molecular weight is 335 g/mol. The molecule has 3 atom stereocenters. The highest BCUT2D eigenvalue weighted by molar-refractivity contribution is 5.88. The monoisotopic (exact) mass is 335 g/mol. The number of aliphatic hydroxyl groups is 1. The maximum Gasteiger partial charge on any atom is 0.232 e. The molecule has 2 aliphatic heterocycles. The van der Waals surface area contributed by atoms with Crippen molar-refractivity contribution in [3.05, 3.63) is 35.6 Å². The Morgan fingerprint density at radius 2 is 2.00 bits per heavy atom. The molecule has 0 spiro atoms. The van der Waals surface area contributed by atoms with Gasteiger partial charge in [0.25, 0.3) is 0 Å². The van der Waals surface area contributed by atoms with Gasteiger partial charge in [0.15, 0.2) is 0 Å². The summed E-state index contributed by atoms with van der Waals surface area (Å²) in [5.74, 6) is -0.285. The molecule has 4 nitrogen and oxygen atoms in total. The molecule has 0 unspecified atom stereocenters. The largest absolute Gasteiger partial charge is 0.393 e. The van der Waals surface area contributed by atoms with Gasteiger partial charge in [-0.05, 0) is 50.8 Å². The molecule has 0 aliphatic carbocycles. The molecule has 1 aromatic rings. The molecule has 3 rings (SSSR count). The van der Waals surface area contributed by atoms with Crippen LogP contribution in [0.25, 0.3) is 0 Å². The summed E-state index contributed by atoms with van der Waals surface area (Å²) < 4.78 is 18.7. The Balaban J connectivity index is 1.80. The fourth-order valence-corrected chi connectivity index (χ4v) is 3.95. The minimum atomic E-state index is -0.725. The van der Waals surface area contributed by atoms with Gasteiger partial charge in [0.05, 0.1) is 18.1 Å². The third-order valence-electron chi connectivity index (χ3n) is 5.52. The molecule has 2 fully saturated rings. The van der Waals surface area contributed by atoms with E-state index in [1.807, 2.05) is 18.7 Å². The number of aliphatic hydroxyl groups excluding tert-OH is 1. The molecule has 24 heavy (non-hydrogen) atoms.